The topological polar surface area (TPSA) is 82.9 Å². The van der Waals surface area contributed by atoms with Crippen LogP contribution in [-0.2, 0) is 10.0 Å². The molecule has 0 aromatic heterocycles. The predicted molar refractivity (Wildman–Crippen MR) is 52.9 cm³/mol. The average Bonchev–Trinajstić information content (AvgIpc) is 2.18. The van der Waals surface area contributed by atoms with E-state index in [-0.39, 0.29) is 4.90 Å². The zero-order valence-electron chi connectivity index (χ0n) is 7.16. The third kappa shape index (κ3) is 2.12. The largest absolute Gasteiger partial charge is 0.264 e. The Hall–Kier alpha value is -1.78. The summed E-state index contributed by atoms with van der Waals surface area (Å²) in [6, 6.07) is 5.99. The fourth-order valence-corrected chi connectivity index (χ4v) is 1.62. The van der Waals surface area contributed by atoms with Gasteiger partial charge in [-0.25, -0.2) is 8.42 Å². The molecule has 0 radical (unpaired) electrons. The van der Waals surface area contributed by atoms with E-state index >= 15 is 0 Å². The van der Waals surface area contributed by atoms with Crippen LogP contribution in [0.2, 0.25) is 0 Å². The van der Waals surface area contributed by atoms with E-state index < -0.39 is 10.0 Å². The van der Waals surface area contributed by atoms with Crippen molar-refractivity contribution in [3.63, 3.8) is 0 Å². The van der Waals surface area contributed by atoms with Crippen LogP contribution in [0.1, 0.15) is 5.56 Å². The number of nitrogens with zero attached hydrogens (tertiary/aromatic N) is 3. The average molecular weight is 209 g/mol. The summed E-state index contributed by atoms with van der Waals surface area (Å²) in [5.41, 5.74) is 8.70. The lowest BCUT2D eigenvalue weighted by Gasteiger charge is -1.97. The zero-order valence-corrected chi connectivity index (χ0v) is 7.98. The van der Waals surface area contributed by atoms with E-state index in [1.54, 1.807) is 12.1 Å². The second-order valence-corrected chi connectivity index (χ2v) is 4.01. The van der Waals surface area contributed by atoms with Gasteiger partial charge in [0.05, 0.1) is 4.90 Å². The Labute approximate surface area is 81.4 Å². The lowest BCUT2D eigenvalue weighted by molar-refractivity contribution is 0.597. The Morgan fingerprint density at radius 1 is 1.50 bits per heavy atom. The molecule has 0 amide bonds. The van der Waals surface area contributed by atoms with Gasteiger partial charge in [0.1, 0.15) is 0 Å². The number of rotatable bonds is 3. The molecule has 72 valence electrons. The van der Waals surface area contributed by atoms with E-state index in [2.05, 4.69) is 16.0 Å². The first-order valence-corrected chi connectivity index (χ1v) is 5.08. The van der Waals surface area contributed by atoms with Crippen molar-refractivity contribution in [3.05, 3.63) is 46.9 Å². The molecule has 5 nitrogen and oxygen atoms in total. The van der Waals surface area contributed by atoms with Crippen LogP contribution in [-0.4, -0.2) is 8.42 Å². The summed E-state index contributed by atoms with van der Waals surface area (Å²) >= 11 is 0. The molecule has 0 heterocycles. The Morgan fingerprint density at radius 3 is 2.79 bits per heavy atom. The van der Waals surface area contributed by atoms with Crippen molar-refractivity contribution < 1.29 is 8.42 Å². The van der Waals surface area contributed by atoms with Crippen LogP contribution in [0.5, 0.6) is 0 Å². The quantitative estimate of drug-likeness (QED) is 0.434. The second kappa shape index (κ2) is 3.95. The van der Waals surface area contributed by atoms with Crippen molar-refractivity contribution in [2.75, 3.05) is 0 Å². The van der Waals surface area contributed by atoms with Crippen LogP contribution in [0.3, 0.4) is 0 Å². The standard InChI is InChI=1S/C8H7N3O2S/c1-2-7-4-3-5-8(6-7)14(12,13)11-10-9/h2-6H,1H2. The molecule has 6 heteroatoms. The second-order valence-electron chi connectivity index (χ2n) is 2.42. The summed E-state index contributed by atoms with van der Waals surface area (Å²) in [6.45, 7) is 3.50. The summed E-state index contributed by atoms with van der Waals surface area (Å²) in [7, 11) is -3.88. The summed E-state index contributed by atoms with van der Waals surface area (Å²) < 4.78 is 25.2. The van der Waals surface area contributed by atoms with Gasteiger partial charge < -0.3 is 0 Å². The van der Waals surface area contributed by atoms with Crippen molar-refractivity contribution in [2.24, 2.45) is 4.52 Å². The van der Waals surface area contributed by atoms with Gasteiger partial charge in [-0.2, -0.15) is 0 Å². The minimum Gasteiger partial charge on any atom is -0.216 e. The normalized spacial score (nSPS) is 10.3. The van der Waals surface area contributed by atoms with Crippen molar-refractivity contribution in [2.45, 2.75) is 4.90 Å². The molecule has 0 aliphatic carbocycles. The maximum Gasteiger partial charge on any atom is 0.264 e. The van der Waals surface area contributed by atoms with Gasteiger partial charge >= 0.3 is 0 Å². The van der Waals surface area contributed by atoms with Crippen molar-refractivity contribution in [1.82, 2.24) is 0 Å². The molecule has 0 N–H and O–H groups in total. The van der Waals surface area contributed by atoms with Gasteiger partial charge in [-0.1, -0.05) is 24.8 Å². The first-order valence-electron chi connectivity index (χ1n) is 3.64. The van der Waals surface area contributed by atoms with Crippen LogP contribution >= 0.6 is 0 Å². The van der Waals surface area contributed by atoms with Gasteiger partial charge in [0.2, 0.25) is 0 Å². The van der Waals surface area contributed by atoms with Gasteiger partial charge in [-0.3, -0.25) is 0 Å². The Morgan fingerprint density at radius 2 is 2.21 bits per heavy atom. The first-order chi connectivity index (χ1) is 6.60. The molecule has 1 rings (SSSR count). The highest BCUT2D eigenvalue weighted by Crippen LogP contribution is 2.14. The van der Waals surface area contributed by atoms with Crippen LogP contribution in [0.25, 0.3) is 16.5 Å². The number of sulfonamides is 1. The highest BCUT2D eigenvalue weighted by Gasteiger charge is 2.10. The molecule has 14 heavy (non-hydrogen) atoms. The third-order valence-corrected chi connectivity index (χ3v) is 2.67. The molecule has 0 bridgehead atoms. The van der Waals surface area contributed by atoms with Crippen molar-refractivity contribution >= 4 is 16.1 Å². The van der Waals surface area contributed by atoms with Gasteiger partial charge in [0.15, 0.2) is 0 Å². The first kappa shape index (κ1) is 10.3. The van der Waals surface area contributed by atoms with Gasteiger partial charge in [0, 0.05) is 9.43 Å². The van der Waals surface area contributed by atoms with E-state index in [0.29, 0.717) is 5.56 Å². The molecule has 1 aromatic rings. The van der Waals surface area contributed by atoms with E-state index in [1.807, 2.05) is 0 Å². The minimum atomic E-state index is -3.88. The van der Waals surface area contributed by atoms with Gasteiger partial charge in [-0.05, 0) is 23.2 Å². The van der Waals surface area contributed by atoms with Crippen molar-refractivity contribution in [3.8, 4) is 0 Å². The maximum absolute atomic E-state index is 11.2. The fourth-order valence-electron chi connectivity index (χ4n) is 0.897. The van der Waals surface area contributed by atoms with Crippen LogP contribution in [0.15, 0.2) is 40.3 Å². The molecule has 0 saturated carbocycles. The van der Waals surface area contributed by atoms with E-state index in [0.717, 1.165) is 0 Å². The number of benzene rings is 1. The van der Waals surface area contributed by atoms with Gasteiger partial charge in [-0.15, -0.1) is 0 Å². The molecule has 0 aliphatic rings. The summed E-state index contributed by atoms with van der Waals surface area (Å²) in [5.74, 6) is 0. The van der Waals surface area contributed by atoms with Crippen LogP contribution < -0.4 is 0 Å². The Bertz CT molecular complexity index is 501. The van der Waals surface area contributed by atoms with E-state index in [4.69, 9.17) is 5.53 Å². The number of azide groups is 1. The third-order valence-electron chi connectivity index (χ3n) is 1.54. The molecule has 1 aromatic carbocycles. The fraction of sp³-hybridized carbons (Fsp3) is 0. The number of hydrogen-bond acceptors (Lipinski definition) is 2. The zero-order chi connectivity index (χ0) is 10.6. The molecule has 0 atom stereocenters. The number of hydrogen-bond donors (Lipinski definition) is 0. The lowest BCUT2D eigenvalue weighted by Crippen LogP contribution is -1.94. The molecular formula is C8H7N3O2S. The lowest BCUT2D eigenvalue weighted by atomic mass is 10.2. The minimum absolute atomic E-state index is 0.0345. The predicted octanol–water partition coefficient (Wildman–Crippen LogP) is 2.33. The van der Waals surface area contributed by atoms with Crippen molar-refractivity contribution in [1.29, 1.82) is 0 Å². The van der Waals surface area contributed by atoms with Crippen LogP contribution in [0, 0.1) is 0 Å². The monoisotopic (exact) mass is 209 g/mol. The summed E-state index contributed by atoms with van der Waals surface area (Å²) in [6.07, 6.45) is 1.51. The molecule has 0 spiro atoms. The smallest absolute Gasteiger partial charge is 0.216 e. The highest BCUT2D eigenvalue weighted by atomic mass is 32.2. The Balaban J connectivity index is 3.33. The molecule has 0 aliphatic heterocycles. The Kier molecular flexibility index (Phi) is 2.91. The molecule has 0 unspecified atom stereocenters. The van der Waals surface area contributed by atoms with E-state index in [1.165, 1.54) is 18.2 Å². The SMILES string of the molecule is C=Cc1cccc(S(=O)(=O)N=[N+]=[N-])c1. The van der Waals surface area contributed by atoms with Gasteiger partial charge in [0.25, 0.3) is 10.0 Å². The molecule has 0 saturated heterocycles. The molecular weight excluding hydrogens is 202 g/mol. The highest BCUT2D eigenvalue weighted by molar-refractivity contribution is 7.90. The van der Waals surface area contributed by atoms with Crippen LogP contribution in [0.4, 0.5) is 0 Å². The molecule has 0 fully saturated rings. The summed E-state index contributed by atoms with van der Waals surface area (Å²) in [5, 5.41) is 0. The maximum atomic E-state index is 11.2. The summed E-state index contributed by atoms with van der Waals surface area (Å²) in [4.78, 5) is 2.22. The van der Waals surface area contributed by atoms with E-state index in [9.17, 15) is 8.42 Å².